The fraction of sp³-hybridized carbons (Fsp3) is 0.556. The van der Waals surface area contributed by atoms with Crippen molar-refractivity contribution < 1.29 is 37.0 Å². The molecular weight excluding hydrogens is 558 g/mol. The molecule has 0 spiro atoms. The van der Waals surface area contributed by atoms with Gasteiger partial charge in [-0.2, -0.15) is 0 Å². The summed E-state index contributed by atoms with van der Waals surface area (Å²) in [5.74, 6) is -1.61. The highest BCUT2D eigenvalue weighted by Crippen LogP contribution is 2.20. The quantitative estimate of drug-likeness (QED) is 0.220. The molecule has 0 aliphatic carbocycles. The Morgan fingerprint density at radius 3 is 2.02 bits per heavy atom. The van der Waals surface area contributed by atoms with Crippen molar-refractivity contribution in [3.63, 3.8) is 0 Å². The number of ether oxygens (including phenoxy) is 3. The van der Waals surface area contributed by atoms with Crippen molar-refractivity contribution in [1.29, 1.82) is 0 Å². The van der Waals surface area contributed by atoms with Crippen molar-refractivity contribution in [3.05, 3.63) is 42.3 Å². The van der Waals surface area contributed by atoms with Crippen LogP contribution in [0.1, 0.15) is 66.9 Å². The summed E-state index contributed by atoms with van der Waals surface area (Å²) in [7, 11) is -2.66. The number of sulfonamides is 1. The van der Waals surface area contributed by atoms with E-state index >= 15 is 0 Å². The number of rotatable bonds is 11. The zero-order chi connectivity index (χ0) is 31.1. The van der Waals surface area contributed by atoms with Gasteiger partial charge in [0.1, 0.15) is 23.3 Å². The van der Waals surface area contributed by atoms with Crippen LogP contribution in [0.25, 0.3) is 0 Å². The predicted octanol–water partition coefficient (Wildman–Crippen LogP) is 3.95. The Labute approximate surface area is 242 Å². The van der Waals surface area contributed by atoms with Crippen LogP contribution < -0.4 is 10.6 Å². The molecule has 0 saturated heterocycles. The second-order valence-corrected chi connectivity index (χ2v) is 13.6. The van der Waals surface area contributed by atoms with Crippen LogP contribution in [0.5, 0.6) is 0 Å². The number of amides is 2. The number of nitrogens with zero attached hydrogens (tertiary/aromatic N) is 1. The summed E-state index contributed by atoms with van der Waals surface area (Å²) in [6, 6.07) is 4.12. The number of hydrogen-bond donors (Lipinski definition) is 2. The Morgan fingerprint density at radius 2 is 1.52 bits per heavy atom. The molecule has 2 atom stereocenters. The van der Waals surface area contributed by atoms with Crippen molar-refractivity contribution >= 4 is 45.3 Å². The molecule has 0 fully saturated rings. The number of carbonyl (C=O) groups excluding carboxylic acids is 3. The lowest BCUT2D eigenvalue weighted by Crippen LogP contribution is -2.52. The van der Waals surface area contributed by atoms with E-state index in [1.54, 1.807) is 53.7 Å². The Bertz CT molecular complexity index is 1200. The van der Waals surface area contributed by atoms with Gasteiger partial charge < -0.3 is 24.8 Å². The van der Waals surface area contributed by atoms with Gasteiger partial charge in [-0.05, 0) is 92.7 Å². The van der Waals surface area contributed by atoms with Gasteiger partial charge in [-0.1, -0.05) is 17.7 Å². The van der Waals surface area contributed by atoms with E-state index in [0.29, 0.717) is 0 Å². The number of hydrogen-bond acceptors (Lipinski definition) is 9. The van der Waals surface area contributed by atoms with Gasteiger partial charge in [0.15, 0.2) is 5.05 Å². The Morgan fingerprint density at radius 1 is 1.00 bits per heavy atom. The van der Waals surface area contributed by atoms with Crippen LogP contribution in [0.3, 0.4) is 0 Å². The molecule has 2 N–H and O–H groups in total. The van der Waals surface area contributed by atoms with E-state index in [9.17, 15) is 22.8 Å². The lowest BCUT2D eigenvalue weighted by atomic mass is 10.1. The molecule has 224 valence electrons. The molecule has 13 heteroatoms. The lowest BCUT2D eigenvalue weighted by Gasteiger charge is -2.26. The lowest BCUT2D eigenvalue weighted by molar-refractivity contribution is -0.158. The summed E-state index contributed by atoms with van der Waals surface area (Å²) in [6.07, 6.45) is -0.840. The van der Waals surface area contributed by atoms with Crippen molar-refractivity contribution in [2.24, 2.45) is 0 Å². The van der Waals surface area contributed by atoms with E-state index in [0.717, 1.165) is 9.87 Å². The van der Waals surface area contributed by atoms with Crippen molar-refractivity contribution in [2.45, 2.75) is 96.4 Å². The summed E-state index contributed by atoms with van der Waals surface area (Å²) in [5.41, 5.74) is -0.690. The predicted molar refractivity (Wildman–Crippen MR) is 155 cm³/mol. The maximum Gasteiger partial charge on any atom is 0.408 e. The molecule has 0 aromatic heterocycles. The first kappa shape index (κ1) is 34.8. The Hall–Kier alpha value is -3.19. The summed E-state index contributed by atoms with van der Waals surface area (Å²) >= 11 is 5.25. The van der Waals surface area contributed by atoms with E-state index < -0.39 is 51.3 Å². The van der Waals surface area contributed by atoms with Crippen LogP contribution in [0, 0.1) is 6.92 Å². The second-order valence-electron chi connectivity index (χ2n) is 11.2. The number of aryl methyl sites for hydroxylation is 1. The third kappa shape index (κ3) is 11.9. The fourth-order valence-corrected chi connectivity index (χ4v) is 4.30. The Kier molecular flexibility index (Phi) is 12.1. The second kappa shape index (κ2) is 13.9. The third-order valence-corrected chi connectivity index (χ3v) is 7.11. The topological polar surface area (TPSA) is 140 Å². The SMILES string of the molecule is C=C(OC(=S)CC[C@@H](NC(=O)[C@@H](C)NC(=O)OC(C)(C)C)C(=O)OC(C)(C)C)N(C)S(=O)(=O)c1ccc(C)cc1. The summed E-state index contributed by atoms with van der Waals surface area (Å²) in [6.45, 7) is 17.0. The van der Waals surface area contributed by atoms with Crippen LogP contribution in [-0.4, -0.2) is 66.1 Å². The van der Waals surface area contributed by atoms with Crippen LogP contribution in [0.4, 0.5) is 4.79 Å². The normalized spacial score (nSPS) is 13.3. The van der Waals surface area contributed by atoms with E-state index in [-0.39, 0.29) is 28.7 Å². The molecule has 40 heavy (non-hydrogen) atoms. The molecule has 0 saturated carbocycles. The summed E-state index contributed by atoms with van der Waals surface area (Å²) in [4.78, 5) is 37.7. The maximum atomic E-state index is 12.9. The van der Waals surface area contributed by atoms with Gasteiger partial charge in [-0.15, -0.1) is 0 Å². The van der Waals surface area contributed by atoms with Gasteiger partial charge in [0.25, 0.3) is 10.0 Å². The van der Waals surface area contributed by atoms with Gasteiger partial charge >= 0.3 is 12.1 Å². The molecule has 1 aromatic rings. The van der Waals surface area contributed by atoms with Gasteiger partial charge in [0.2, 0.25) is 11.8 Å². The highest BCUT2D eigenvalue weighted by atomic mass is 32.2. The van der Waals surface area contributed by atoms with Gasteiger partial charge in [0.05, 0.1) is 4.90 Å². The average Bonchev–Trinajstić information content (AvgIpc) is 2.78. The van der Waals surface area contributed by atoms with Gasteiger partial charge in [-0.3, -0.25) is 4.79 Å². The van der Waals surface area contributed by atoms with Crippen LogP contribution in [0.15, 0.2) is 41.6 Å². The molecule has 0 heterocycles. The molecule has 11 nitrogen and oxygen atoms in total. The van der Waals surface area contributed by atoms with E-state index in [4.69, 9.17) is 26.4 Å². The van der Waals surface area contributed by atoms with Gasteiger partial charge in [0, 0.05) is 13.5 Å². The minimum atomic E-state index is -3.94. The monoisotopic (exact) mass is 599 g/mol. The van der Waals surface area contributed by atoms with Gasteiger partial charge in [-0.25, -0.2) is 22.3 Å². The maximum absolute atomic E-state index is 12.9. The molecule has 0 aliphatic heterocycles. The zero-order valence-corrected chi connectivity index (χ0v) is 26.2. The molecule has 0 unspecified atom stereocenters. The third-order valence-electron chi connectivity index (χ3n) is 5.03. The number of thiocarbonyl (C=S) groups is 1. The van der Waals surface area contributed by atoms with Crippen LogP contribution in [0.2, 0.25) is 0 Å². The van der Waals surface area contributed by atoms with Crippen molar-refractivity contribution in [1.82, 2.24) is 14.9 Å². The highest BCUT2D eigenvalue weighted by molar-refractivity contribution is 7.89. The molecular formula is C27H41N3O8S2. The minimum absolute atomic E-state index is 0.0230. The smallest absolute Gasteiger partial charge is 0.408 e. The summed E-state index contributed by atoms with van der Waals surface area (Å²) < 4.78 is 42.7. The number of nitrogens with one attached hydrogen (secondary N) is 2. The highest BCUT2D eigenvalue weighted by Gasteiger charge is 2.30. The van der Waals surface area contributed by atoms with E-state index in [2.05, 4.69) is 17.2 Å². The molecule has 0 radical (unpaired) electrons. The molecule has 2 amide bonds. The molecule has 0 bridgehead atoms. The first-order valence-electron chi connectivity index (χ1n) is 12.6. The first-order valence-corrected chi connectivity index (χ1v) is 14.4. The number of esters is 1. The van der Waals surface area contributed by atoms with E-state index in [1.807, 2.05) is 6.92 Å². The Balaban J connectivity index is 2.88. The molecule has 1 rings (SSSR count). The van der Waals surface area contributed by atoms with Crippen LogP contribution in [-0.2, 0) is 33.8 Å². The average molecular weight is 600 g/mol. The number of carbonyl (C=O) groups is 3. The van der Waals surface area contributed by atoms with E-state index in [1.165, 1.54) is 26.1 Å². The zero-order valence-electron chi connectivity index (χ0n) is 24.6. The minimum Gasteiger partial charge on any atom is -0.458 e. The van der Waals surface area contributed by atoms with Crippen molar-refractivity contribution in [3.8, 4) is 0 Å². The number of alkyl carbamates (subject to hydrolysis) is 1. The standard InChI is InChI=1S/C27H41N3O8S2/c1-17-11-13-20(14-12-17)40(34,35)30(10)19(3)36-22(39)16-15-21(24(32)37-26(4,5)6)29-23(31)18(2)28-25(33)38-27(7,8)9/h11-14,18,21H,3,15-16H2,1-2,4-10H3,(H,28,33)(H,29,31)/t18-,21-/m1/s1. The van der Waals surface area contributed by atoms with Crippen LogP contribution >= 0.6 is 12.2 Å². The fourth-order valence-electron chi connectivity index (χ4n) is 2.98. The summed E-state index contributed by atoms with van der Waals surface area (Å²) in [5, 5.41) is 4.92. The molecule has 1 aromatic carbocycles. The largest absolute Gasteiger partial charge is 0.458 e. The number of benzene rings is 1. The molecule has 0 aliphatic rings. The van der Waals surface area contributed by atoms with Crippen molar-refractivity contribution in [2.75, 3.05) is 7.05 Å². The first-order chi connectivity index (χ1) is 18.1.